The molecule has 6 nitrogen and oxygen atoms in total. The first-order valence-corrected chi connectivity index (χ1v) is 10.8. The molecule has 0 spiro atoms. The Morgan fingerprint density at radius 2 is 1.57 bits per heavy atom. The fourth-order valence-electron chi connectivity index (χ4n) is 3.99. The lowest BCUT2D eigenvalue weighted by Crippen LogP contribution is -2.56. The van der Waals surface area contributed by atoms with Crippen LogP contribution in [0, 0.1) is 5.41 Å². The van der Waals surface area contributed by atoms with Crippen LogP contribution in [0.2, 0.25) is 0 Å². The van der Waals surface area contributed by atoms with Crippen LogP contribution in [0.5, 0.6) is 0 Å². The van der Waals surface area contributed by atoms with Gasteiger partial charge in [0.25, 0.3) is 0 Å². The second-order valence-corrected chi connectivity index (χ2v) is 8.04. The minimum absolute atomic E-state index is 0.111. The van der Waals surface area contributed by atoms with Gasteiger partial charge < -0.3 is 9.47 Å². The van der Waals surface area contributed by atoms with Crippen molar-refractivity contribution >= 4 is 27.9 Å². The zero-order chi connectivity index (χ0) is 21.7. The number of hydrogen-bond donors (Lipinski definition) is 0. The number of carbonyl (C=O) groups is 2. The first-order valence-electron chi connectivity index (χ1n) is 9.98. The van der Waals surface area contributed by atoms with Crippen molar-refractivity contribution in [3.05, 3.63) is 70.2 Å². The first-order chi connectivity index (χ1) is 14.4. The van der Waals surface area contributed by atoms with E-state index < -0.39 is 29.5 Å². The molecule has 2 atom stereocenters. The summed E-state index contributed by atoms with van der Waals surface area (Å²) >= 11 is 3.43. The summed E-state index contributed by atoms with van der Waals surface area (Å²) in [5.74, 6) is -1.21. The Morgan fingerprint density at radius 1 is 1.00 bits per heavy atom. The average Bonchev–Trinajstić information content (AvgIpc) is 2.75. The fraction of sp³-hybridized carbons (Fsp3) is 0.391. The topological polar surface area (TPSA) is 65.1 Å². The van der Waals surface area contributed by atoms with E-state index in [9.17, 15) is 9.59 Å². The van der Waals surface area contributed by atoms with Gasteiger partial charge in [-0.1, -0.05) is 58.4 Å². The van der Waals surface area contributed by atoms with Gasteiger partial charge in [-0.05, 0) is 37.1 Å². The standard InChI is InChI=1S/C23H26BrNO5/c1-4-28-21(26)23(22(27)29-5-2)15-19(16-9-7-6-8-10-16)30-25(3)20(23)17-11-13-18(24)14-12-17/h6-14,19-20H,4-5,15H2,1-3H3/t19-,20+/m0/s1. The summed E-state index contributed by atoms with van der Waals surface area (Å²) in [7, 11) is 1.73. The lowest BCUT2D eigenvalue weighted by Gasteiger charge is -2.47. The molecule has 1 heterocycles. The summed E-state index contributed by atoms with van der Waals surface area (Å²) < 4.78 is 11.8. The quantitative estimate of drug-likeness (QED) is 0.448. The van der Waals surface area contributed by atoms with Crippen molar-refractivity contribution < 1.29 is 23.9 Å². The van der Waals surface area contributed by atoms with Gasteiger partial charge in [0.15, 0.2) is 5.41 Å². The molecule has 1 fully saturated rings. The average molecular weight is 476 g/mol. The van der Waals surface area contributed by atoms with E-state index in [1.54, 1.807) is 26.0 Å². The third-order valence-corrected chi connectivity index (χ3v) is 5.80. The Hall–Kier alpha value is -2.22. The predicted octanol–water partition coefficient (Wildman–Crippen LogP) is 4.61. The van der Waals surface area contributed by atoms with Crippen LogP contribution >= 0.6 is 15.9 Å². The number of ether oxygens (including phenoxy) is 2. The van der Waals surface area contributed by atoms with Crippen molar-refractivity contribution in [1.82, 2.24) is 5.06 Å². The number of rotatable bonds is 6. The van der Waals surface area contributed by atoms with E-state index in [0.717, 1.165) is 15.6 Å². The molecule has 1 aliphatic heterocycles. The Labute approximate surface area is 185 Å². The number of hydrogen-bond acceptors (Lipinski definition) is 6. The van der Waals surface area contributed by atoms with Crippen LogP contribution in [0.15, 0.2) is 59.1 Å². The van der Waals surface area contributed by atoms with Crippen LogP contribution in [0.1, 0.15) is 43.5 Å². The molecule has 0 radical (unpaired) electrons. The van der Waals surface area contributed by atoms with Crippen molar-refractivity contribution in [2.75, 3.05) is 20.3 Å². The van der Waals surface area contributed by atoms with Gasteiger partial charge in [0.05, 0.1) is 19.3 Å². The summed E-state index contributed by atoms with van der Waals surface area (Å²) in [5, 5.41) is 1.58. The van der Waals surface area contributed by atoms with Crippen LogP contribution in [0.25, 0.3) is 0 Å². The number of benzene rings is 2. The maximum atomic E-state index is 13.4. The van der Waals surface area contributed by atoms with Crippen molar-refractivity contribution in [3.8, 4) is 0 Å². The SMILES string of the molecule is CCOC(=O)C1(C(=O)OCC)C[C@@H](c2ccccc2)ON(C)[C@@H]1c1ccc(Br)cc1. The van der Waals surface area contributed by atoms with Gasteiger partial charge in [-0.2, -0.15) is 5.06 Å². The highest BCUT2D eigenvalue weighted by Crippen LogP contribution is 2.52. The van der Waals surface area contributed by atoms with E-state index in [0.29, 0.717) is 0 Å². The predicted molar refractivity (Wildman–Crippen MR) is 115 cm³/mol. The highest BCUT2D eigenvalue weighted by atomic mass is 79.9. The third-order valence-electron chi connectivity index (χ3n) is 5.27. The third kappa shape index (κ3) is 4.29. The van der Waals surface area contributed by atoms with Crippen LogP contribution in [0.3, 0.4) is 0 Å². The van der Waals surface area contributed by atoms with Crippen molar-refractivity contribution in [2.45, 2.75) is 32.4 Å². The molecule has 1 aliphatic rings. The second kappa shape index (κ2) is 9.73. The molecule has 0 aliphatic carbocycles. The smallest absolute Gasteiger partial charge is 0.325 e. The normalized spacial score (nSPS) is 21.1. The van der Waals surface area contributed by atoms with Crippen LogP contribution < -0.4 is 0 Å². The number of nitrogens with zero attached hydrogens (tertiary/aromatic N) is 1. The summed E-state index contributed by atoms with van der Waals surface area (Å²) in [6, 6.07) is 16.3. The van der Waals surface area contributed by atoms with E-state index >= 15 is 0 Å². The maximum Gasteiger partial charge on any atom is 0.325 e. The van der Waals surface area contributed by atoms with Gasteiger partial charge >= 0.3 is 11.9 Å². The molecule has 1 saturated heterocycles. The highest BCUT2D eigenvalue weighted by Gasteiger charge is 2.61. The summed E-state index contributed by atoms with van der Waals surface area (Å²) in [5.41, 5.74) is 0.0535. The Kier molecular flexibility index (Phi) is 7.28. The minimum atomic E-state index is -1.58. The molecule has 2 aromatic rings. The van der Waals surface area contributed by atoms with E-state index in [-0.39, 0.29) is 19.6 Å². The number of carbonyl (C=O) groups excluding carboxylic acids is 2. The van der Waals surface area contributed by atoms with Gasteiger partial charge in [-0.15, -0.1) is 0 Å². The lowest BCUT2D eigenvalue weighted by atomic mass is 9.70. The van der Waals surface area contributed by atoms with Gasteiger partial charge in [-0.3, -0.25) is 14.4 Å². The molecule has 3 rings (SSSR count). The van der Waals surface area contributed by atoms with E-state index in [1.165, 1.54) is 0 Å². The highest BCUT2D eigenvalue weighted by molar-refractivity contribution is 9.10. The van der Waals surface area contributed by atoms with Crippen molar-refractivity contribution in [2.24, 2.45) is 5.41 Å². The van der Waals surface area contributed by atoms with Crippen LogP contribution in [-0.2, 0) is 23.9 Å². The number of halogens is 1. The molecule has 7 heteroatoms. The van der Waals surface area contributed by atoms with Crippen LogP contribution in [-0.4, -0.2) is 37.3 Å². The van der Waals surface area contributed by atoms with Gasteiger partial charge in [0.1, 0.15) is 6.10 Å². The molecule has 0 saturated carbocycles. The van der Waals surface area contributed by atoms with E-state index in [4.69, 9.17) is 14.3 Å². The number of hydroxylamine groups is 2. The zero-order valence-electron chi connectivity index (χ0n) is 17.3. The molecule has 30 heavy (non-hydrogen) atoms. The lowest BCUT2D eigenvalue weighted by molar-refractivity contribution is -0.278. The molecular weight excluding hydrogens is 450 g/mol. The van der Waals surface area contributed by atoms with Crippen molar-refractivity contribution in [3.63, 3.8) is 0 Å². The van der Waals surface area contributed by atoms with Gasteiger partial charge in [-0.25, -0.2) is 0 Å². The van der Waals surface area contributed by atoms with E-state index in [2.05, 4.69) is 15.9 Å². The second-order valence-electron chi connectivity index (χ2n) is 7.12. The molecule has 0 aromatic heterocycles. The Bertz CT molecular complexity index is 853. The fourth-order valence-corrected chi connectivity index (χ4v) is 4.26. The van der Waals surface area contributed by atoms with Gasteiger partial charge in [0, 0.05) is 17.9 Å². The molecule has 0 unspecified atom stereocenters. The maximum absolute atomic E-state index is 13.4. The zero-order valence-corrected chi connectivity index (χ0v) is 18.9. The first kappa shape index (κ1) is 22.5. The van der Waals surface area contributed by atoms with Crippen molar-refractivity contribution in [1.29, 1.82) is 0 Å². The largest absolute Gasteiger partial charge is 0.465 e. The molecule has 0 N–H and O–H groups in total. The number of esters is 2. The molecule has 160 valence electrons. The minimum Gasteiger partial charge on any atom is -0.465 e. The monoisotopic (exact) mass is 475 g/mol. The van der Waals surface area contributed by atoms with Gasteiger partial charge in [0.2, 0.25) is 0 Å². The molecule has 0 bridgehead atoms. The van der Waals surface area contributed by atoms with E-state index in [1.807, 2.05) is 54.6 Å². The molecular formula is C23H26BrNO5. The Balaban J connectivity index is 2.16. The summed E-state index contributed by atoms with van der Waals surface area (Å²) in [6.07, 6.45) is -0.392. The summed E-state index contributed by atoms with van der Waals surface area (Å²) in [4.78, 5) is 33.0. The Morgan fingerprint density at radius 3 is 2.10 bits per heavy atom. The molecule has 2 aromatic carbocycles. The summed E-state index contributed by atoms with van der Waals surface area (Å²) in [6.45, 7) is 3.77. The van der Waals surface area contributed by atoms with Crippen LogP contribution in [0.4, 0.5) is 0 Å². The molecule has 0 amide bonds.